The summed E-state index contributed by atoms with van der Waals surface area (Å²) in [6, 6.07) is 7.97. The van der Waals surface area contributed by atoms with Gasteiger partial charge in [0.25, 0.3) is 5.91 Å². The minimum atomic E-state index is -0.313. The van der Waals surface area contributed by atoms with Crippen molar-refractivity contribution in [3.63, 3.8) is 0 Å². The second-order valence-electron chi connectivity index (χ2n) is 5.14. The molecule has 6 heteroatoms. The topological polar surface area (TPSA) is 50.5 Å². The number of benzene rings is 1. The van der Waals surface area contributed by atoms with Gasteiger partial charge >= 0.3 is 0 Å². The molecule has 0 radical (unpaired) electrons. The molecule has 112 valence electrons. The normalized spacial score (nSPS) is 10.9. The first-order valence-corrected chi connectivity index (χ1v) is 6.86. The third kappa shape index (κ3) is 2.55. The molecule has 5 nitrogen and oxygen atoms in total. The van der Waals surface area contributed by atoms with Gasteiger partial charge in [0.1, 0.15) is 11.4 Å². The van der Waals surface area contributed by atoms with Gasteiger partial charge in [-0.25, -0.2) is 13.9 Å². The number of rotatable bonds is 3. The lowest BCUT2D eigenvalue weighted by Gasteiger charge is -2.17. The van der Waals surface area contributed by atoms with Crippen LogP contribution >= 0.6 is 0 Å². The molecule has 0 aliphatic rings. The van der Waals surface area contributed by atoms with Crippen molar-refractivity contribution in [2.45, 2.75) is 13.5 Å². The van der Waals surface area contributed by atoms with E-state index in [-0.39, 0.29) is 11.7 Å². The molecular formula is C16H15FN4O. The second kappa shape index (κ2) is 5.55. The average molecular weight is 298 g/mol. The van der Waals surface area contributed by atoms with E-state index < -0.39 is 0 Å². The lowest BCUT2D eigenvalue weighted by atomic mass is 10.2. The van der Waals surface area contributed by atoms with E-state index in [1.807, 2.05) is 0 Å². The lowest BCUT2D eigenvalue weighted by Crippen LogP contribution is -2.26. The Labute approximate surface area is 127 Å². The molecule has 2 heterocycles. The molecule has 0 unspecified atom stereocenters. The highest BCUT2D eigenvalue weighted by atomic mass is 19.1. The van der Waals surface area contributed by atoms with Crippen molar-refractivity contribution in [1.82, 2.24) is 19.5 Å². The first-order chi connectivity index (χ1) is 10.6. The highest BCUT2D eigenvalue weighted by Gasteiger charge is 2.21. The Kier molecular flexibility index (Phi) is 3.58. The second-order valence-corrected chi connectivity index (χ2v) is 5.14. The fraction of sp³-hybridized carbons (Fsp3) is 0.188. The number of aryl methyl sites for hydroxylation is 1. The van der Waals surface area contributed by atoms with Crippen molar-refractivity contribution in [2.75, 3.05) is 7.05 Å². The van der Waals surface area contributed by atoms with Crippen molar-refractivity contribution in [1.29, 1.82) is 0 Å². The van der Waals surface area contributed by atoms with Gasteiger partial charge in [-0.1, -0.05) is 12.1 Å². The van der Waals surface area contributed by atoms with Crippen LogP contribution < -0.4 is 0 Å². The highest BCUT2D eigenvalue weighted by Crippen LogP contribution is 2.16. The van der Waals surface area contributed by atoms with E-state index in [9.17, 15) is 9.18 Å². The smallest absolute Gasteiger partial charge is 0.259 e. The molecule has 2 aromatic heterocycles. The van der Waals surface area contributed by atoms with Gasteiger partial charge in [0.05, 0.1) is 5.69 Å². The number of aromatic nitrogens is 3. The summed E-state index contributed by atoms with van der Waals surface area (Å²) in [4.78, 5) is 18.4. The lowest BCUT2D eigenvalue weighted by molar-refractivity contribution is 0.0786. The van der Waals surface area contributed by atoms with E-state index in [0.29, 0.717) is 23.4 Å². The molecule has 3 aromatic rings. The van der Waals surface area contributed by atoms with Crippen LogP contribution in [0.5, 0.6) is 0 Å². The molecule has 0 saturated carbocycles. The summed E-state index contributed by atoms with van der Waals surface area (Å²) in [5, 5.41) is 4.28. The van der Waals surface area contributed by atoms with Crippen molar-refractivity contribution < 1.29 is 9.18 Å². The van der Waals surface area contributed by atoms with E-state index in [1.165, 1.54) is 17.0 Å². The summed E-state index contributed by atoms with van der Waals surface area (Å²) in [6.07, 6.45) is 3.37. The maximum Gasteiger partial charge on any atom is 0.259 e. The van der Waals surface area contributed by atoms with Gasteiger partial charge in [0.2, 0.25) is 0 Å². The van der Waals surface area contributed by atoms with Crippen LogP contribution in [-0.2, 0) is 6.54 Å². The molecule has 1 aromatic carbocycles. The number of hydrogen-bond acceptors (Lipinski definition) is 3. The van der Waals surface area contributed by atoms with Gasteiger partial charge < -0.3 is 4.90 Å². The Hall–Kier alpha value is -2.76. The predicted molar refractivity (Wildman–Crippen MR) is 79.9 cm³/mol. The molecule has 0 N–H and O–H groups in total. The number of halogens is 1. The van der Waals surface area contributed by atoms with Crippen molar-refractivity contribution in [3.8, 4) is 0 Å². The standard InChI is InChI=1S/C16H15FN4O/c1-11-14(15-18-7-4-8-21(15)19-11)16(22)20(2)10-12-5-3-6-13(17)9-12/h3-9H,10H2,1-2H3. The first kappa shape index (κ1) is 14.2. The minimum absolute atomic E-state index is 0.185. The molecule has 3 rings (SSSR count). The number of carbonyl (C=O) groups is 1. The average Bonchev–Trinajstić information content (AvgIpc) is 2.82. The van der Waals surface area contributed by atoms with E-state index in [0.717, 1.165) is 5.56 Å². The Morgan fingerprint density at radius 2 is 2.18 bits per heavy atom. The fourth-order valence-electron chi connectivity index (χ4n) is 2.42. The van der Waals surface area contributed by atoms with Crippen LogP contribution in [0, 0.1) is 12.7 Å². The summed E-state index contributed by atoms with van der Waals surface area (Å²) < 4.78 is 14.8. The molecule has 0 saturated heterocycles. The van der Waals surface area contributed by atoms with E-state index in [4.69, 9.17) is 0 Å². The van der Waals surface area contributed by atoms with Crippen LogP contribution in [0.1, 0.15) is 21.6 Å². The summed E-state index contributed by atoms with van der Waals surface area (Å²) in [5.41, 5.74) is 2.35. The molecule has 1 amide bonds. The Bertz CT molecular complexity index is 843. The molecule has 0 bridgehead atoms. The zero-order chi connectivity index (χ0) is 15.7. The van der Waals surface area contributed by atoms with Crippen LogP contribution in [0.15, 0.2) is 42.7 Å². The molecule has 0 atom stereocenters. The monoisotopic (exact) mass is 298 g/mol. The fourth-order valence-corrected chi connectivity index (χ4v) is 2.42. The summed E-state index contributed by atoms with van der Waals surface area (Å²) in [6.45, 7) is 2.10. The van der Waals surface area contributed by atoms with Gasteiger partial charge in [-0.2, -0.15) is 5.10 Å². The molecule has 0 aliphatic heterocycles. The number of carbonyl (C=O) groups excluding carboxylic acids is 1. The first-order valence-electron chi connectivity index (χ1n) is 6.86. The summed E-state index contributed by atoms with van der Waals surface area (Å²) in [7, 11) is 1.68. The SMILES string of the molecule is Cc1nn2cccnc2c1C(=O)N(C)Cc1cccc(F)c1. The Balaban J connectivity index is 1.90. The predicted octanol–water partition coefficient (Wildman–Crippen LogP) is 2.45. The van der Waals surface area contributed by atoms with Crippen molar-refractivity contribution in [3.05, 3.63) is 65.4 Å². The molecular weight excluding hydrogens is 283 g/mol. The van der Waals surface area contributed by atoms with Gasteiger partial charge in [-0.05, 0) is 30.7 Å². The van der Waals surface area contributed by atoms with Crippen LogP contribution in [-0.4, -0.2) is 32.5 Å². The zero-order valence-corrected chi connectivity index (χ0v) is 12.3. The van der Waals surface area contributed by atoms with Gasteiger partial charge in [0.15, 0.2) is 5.65 Å². The van der Waals surface area contributed by atoms with Crippen molar-refractivity contribution >= 4 is 11.6 Å². The minimum Gasteiger partial charge on any atom is -0.337 e. The largest absolute Gasteiger partial charge is 0.337 e. The van der Waals surface area contributed by atoms with Crippen LogP contribution in [0.4, 0.5) is 4.39 Å². The van der Waals surface area contributed by atoms with Gasteiger partial charge in [0, 0.05) is 26.0 Å². The van der Waals surface area contributed by atoms with E-state index in [2.05, 4.69) is 10.1 Å². The molecule has 0 spiro atoms. The van der Waals surface area contributed by atoms with Crippen LogP contribution in [0.2, 0.25) is 0 Å². The third-order valence-electron chi connectivity index (χ3n) is 3.44. The van der Waals surface area contributed by atoms with Gasteiger partial charge in [-0.15, -0.1) is 0 Å². The number of hydrogen-bond donors (Lipinski definition) is 0. The Morgan fingerprint density at radius 3 is 2.95 bits per heavy atom. The zero-order valence-electron chi connectivity index (χ0n) is 12.3. The third-order valence-corrected chi connectivity index (χ3v) is 3.44. The summed E-state index contributed by atoms with van der Waals surface area (Å²) >= 11 is 0. The quantitative estimate of drug-likeness (QED) is 0.746. The summed E-state index contributed by atoms with van der Waals surface area (Å²) in [5.74, 6) is -0.498. The van der Waals surface area contributed by atoms with Crippen LogP contribution in [0.3, 0.4) is 0 Å². The molecule has 22 heavy (non-hydrogen) atoms. The number of fused-ring (bicyclic) bond motifs is 1. The molecule has 0 fully saturated rings. The van der Waals surface area contributed by atoms with E-state index >= 15 is 0 Å². The Morgan fingerprint density at radius 1 is 1.36 bits per heavy atom. The van der Waals surface area contributed by atoms with Gasteiger partial charge in [-0.3, -0.25) is 4.79 Å². The van der Waals surface area contributed by atoms with Crippen LogP contribution in [0.25, 0.3) is 5.65 Å². The maximum atomic E-state index is 13.2. The number of nitrogens with zero attached hydrogens (tertiary/aromatic N) is 4. The number of amides is 1. The highest BCUT2D eigenvalue weighted by molar-refractivity contribution is 6.00. The maximum absolute atomic E-state index is 13.2. The van der Waals surface area contributed by atoms with Crippen molar-refractivity contribution in [2.24, 2.45) is 0 Å². The molecule has 0 aliphatic carbocycles. The van der Waals surface area contributed by atoms with E-state index in [1.54, 1.807) is 49.1 Å².